The van der Waals surface area contributed by atoms with Gasteiger partial charge in [0.1, 0.15) is 4.90 Å². The minimum atomic E-state index is -4.05. The van der Waals surface area contributed by atoms with Crippen molar-refractivity contribution in [3.8, 4) is 23.0 Å². The highest BCUT2D eigenvalue weighted by molar-refractivity contribution is 7.87. The zero-order valence-electron chi connectivity index (χ0n) is 14.6. The van der Waals surface area contributed by atoms with Crippen LogP contribution in [0.5, 0.6) is 23.0 Å². The van der Waals surface area contributed by atoms with Crippen molar-refractivity contribution in [2.24, 2.45) is 0 Å². The van der Waals surface area contributed by atoms with E-state index in [9.17, 15) is 8.42 Å². The van der Waals surface area contributed by atoms with Crippen LogP contribution in [0, 0.1) is 0 Å². The van der Waals surface area contributed by atoms with Gasteiger partial charge in [-0.15, -0.1) is 0 Å². The van der Waals surface area contributed by atoms with Crippen LogP contribution < -0.4 is 18.4 Å². The maximum Gasteiger partial charge on any atom is 0.339 e. The molecule has 1 aliphatic heterocycles. The molecule has 2 aromatic rings. The lowest BCUT2D eigenvalue weighted by Gasteiger charge is -2.13. The molecule has 1 heterocycles. The van der Waals surface area contributed by atoms with Crippen molar-refractivity contribution in [1.29, 1.82) is 0 Å². The Labute approximate surface area is 153 Å². The Balaban J connectivity index is 1.91. The first-order valence-corrected chi connectivity index (χ1v) is 9.59. The monoisotopic (exact) mass is 376 g/mol. The third kappa shape index (κ3) is 3.94. The molecular formula is C19H20O6S. The van der Waals surface area contributed by atoms with Gasteiger partial charge in [0, 0.05) is 12.5 Å². The molecule has 0 unspecified atom stereocenters. The molecule has 2 aromatic carbocycles. The SMILES string of the molecule is CC=Cc1ccc(OS(=O)(=O)c2ccc3c(c2)OCCCO3)c(OC)c1. The summed E-state index contributed by atoms with van der Waals surface area (Å²) in [4.78, 5) is -0.0127. The molecule has 0 amide bonds. The molecule has 0 bridgehead atoms. The second kappa shape index (κ2) is 7.70. The highest BCUT2D eigenvalue weighted by Gasteiger charge is 2.22. The van der Waals surface area contributed by atoms with Gasteiger partial charge in [-0.05, 0) is 36.8 Å². The maximum absolute atomic E-state index is 12.7. The summed E-state index contributed by atoms with van der Waals surface area (Å²) in [7, 11) is -2.59. The quantitative estimate of drug-likeness (QED) is 0.742. The molecule has 0 N–H and O–H groups in total. The third-order valence-electron chi connectivity index (χ3n) is 3.75. The average Bonchev–Trinajstić information content (AvgIpc) is 2.87. The zero-order chi connectivity index (χ0) is 18.6. The van der Waals surface area contributed by atoms with Gasteiger partial charge in [-0.2, -0.15) is 8.42 Å². The number of ether oxygens (including phenoxy) is 3. The second-order valence-electron chi connectivity index (χ2n) is 5.61. The van der Waals surface area contributed by atoms with Crippen LogP contribution in [-0.4, -0.2) is 28.7 Å². The van der Waals surface area contributed by atoms with Crippen LogP contribution in [0.2, 0.25) is 0 Å². The summed E-state index contributed by atoms with van der Waals surface area (Å²) in [5.74, 6) is 1.36. The molecule has 26 heavy (non-hydrogen) atoms. The van der Waals surface area contributed by atoms with Gasteiger partial charge in [-0.25, -0.2) is 0 Å². The first-order chi connectivity index (χ1) is 12.5. The van der Waals surface area contributed by atoms with E-state index < -0.39 is 10.1 Å². The van der Waals surface area contributed by atoms with E-state index in [1.54, 1.807) is 24.3 Å². The molecule has 0 aliphatic carbocycles. The van der Waals surface area contributed by atoms with Gasteiger partial charge in [0.05, 0.1) is 20.3 Å². The number of methoxy groups -OCH3 is 1. The van der Waals surface area contributed by atoms with Gasteiger partial charge in [-0.1, -0.05) is 18.2 Å². The Morgan fingerprint density at radius 1 is 1.00 bits per heavy atom. The van der Waals surface area contributed by atoms with E-state index in [-0.39, 0.29) is 10.6 Å². The normalized spacial score (nSPS) is 14.1. The van der Waals surface area contributed by atoms with E-state index >= 15 is 0 Å². The third-order valence-corrected chi connectivity index (χ3v) is 4.98. The lowest BCUT2D eigenvalue weighted by molar-refractivity contribution is 0.296. The fourth-order valence-electron chi connectivity index (χ4n) is 2.51. The molecular weight excluding hydrogens is 356 g/mol. The number of fused-ring (bicyclic) bond motifs is 1. The van der Waals surface area contributed by atoms with Crippen molar-refractivity contribution in [3.05, 3.63) is 48.0 Å². The summed E-state index contributed by atoms with van der Waals surface area (Å²) < 4.78 is 46.9. The Morgan fingerprint density at radius 3 is 2.50 bits per heavy atom. The van der Waals surface area contributed by atoms with E-state index in [4.69, 9.17) is 18.4 Å². The maximum atomic E-state index is 12.7. The molecule has 7 heteroatoms. The van der Waals surface area contributed by atoms with E-state index in [1.807, 2.05) is 19.1 Å². The molecule has 0 saturated heterocycles. The van der Waals surface area contributed by atoms with Crippen LogP contribution in [-0.2, 0) is 10.1 Å². The highest BCUT2D eigenvalue weighted by atomic mass is 32.2. The Morgan fingerprint density at radius 2 is 1.77 bits per heavy atom. The number of hydrogen-bond donors (Lipinski definition) is 0. The van der Waals surface area contributed by atoms with E-state index in [1.165, 1.54) is 19.2 Å². The predicted octanol–water partition coefficient (Wildman–Crippen LogP) is 3.66. The minimum Gasteiger partial charge on any atom is -0.493 e. The molecule has 0 radical (unpaired) electrons. The predicted molar refractivity (Wildman–Crippen MR) is 97.6 cm³/mol. The largest absolute Gasteiger partial charge is 0.493 e. The summed E-state index contributed by atoms with van der Waals surface area (Å²) in [6.07, 6.45) is 4.50. The molecule has 0 spiro atoms. The van der Waals surface area contributed by atoms with E-state index in [0.29, 0.717) is 30.5 Å². The molecule has 0 aromatic heterocycles. The first-order valence-electron chi connectivity index (χ1n) is 8.18. The summed E-state index contributed by atoms with van der Waals surface area (Å²) in [6, 6.07) is 9.44. The topological polar surface area (TPSA) is 71.1 Å². The summed E-state index contributed by atoms with van der Waals surface area (Å²) >= 11 is 0. The fraction of sp³-hybridized carbons (Fsp3) is 0.263. The molecule has 6 nitrogen and oxygen atoms in total. The molecule has 0 saturated carbocycles. The average molecular weight is 376 g/mol. The molecule has 1 aliphatic rings. The molecule has 0 atom stereocenters. The van der Waals surface area contributed by atoms with Crippen molar-refractivity contribution in [3.63, 3.8) is 0 Å². The number of rotatable bonds is 5. The molecule has 3 rings (SSSR count). The van der Waals surface area contributed by atoms with Gasteiger partial charge in [-0.3, -0.25) is 0 Å². The Bertz CT molecular complexity index is 918. The van der Waals surface area contributed by atoms with Gasteiger partial charge in [0.25, 0.3) is 0 Å². The van der Waals surface area contributed by atoms with Crippen LogP contribution in [0.25, 0.3) is 6.08 Å². The first kappa shape index (κ1) is 18.1. The van der Waals surface area contributed by atoms with E-state index in [2.05, 4.69) is 0 Å². The van der Waals surface area contributed by atoms with Crippen molar-refractivity contribution < 1.29 is 26.8 Å². The van der Waals surface area contributed by atoms with Crippen molar-refractivity contribution in [2.75, 3.05) is 20.3 Å². The van der Waals surface area contributed by atoms with Crippen molar-refractivity contribution in [1.82, 2.24) is 0 Å². The highest BCUT2D eigenvalue weighted by Crippen LogP contribution is 2.35. The standard InChI is InChI=1S/C19H20O6S/c1-3-5-14-6-8-17(18(12-14)22-2)25-26(20,21)15-7-9-16-19(13-15)24-11-4-10-23-16/h3,5-9,12-13H,4,10-11H2,1-2H3. The van der Waals surface area contributed by atoms with Gasteiger partial charge >= 0.3 is 10.1 Å². The van der Waals surface area contributed by atoms with Crippen LogP contribution in [0.15, 0.2) is 47.4 Å². The fourth-order valence-corrected chi connectivity index (χ4v) is 3.47. The summed E-state index contributed by atoms with van der Waals surface area (Å²) in [5.41, 5.74) is 0.879. The lowest BCUT2D eigenvalue weighted by atomic mass is 10.2. The van der Waals surface area contributed by atoms with Gasteiger partial charge < -0.3 is 18.4 Å². The Kier molecular flexibility index (Phi) is 5.37. The van der Waals surface area contributed by atoms with E-state index in [0.717, 1.165) is 12.0 Å². The van der Waals surface area contributed by atoms with Crippen LogP contribution in [0.1, 0.15) is 18.9 Å². The number of benzene rings is 2. The van der Waals surface area contributed by atoms with Gasteiger partial charge in [0.2, 0.25) is 0 Å². The summed E-state index contributed by atoms with van der Waals surface area (Å²) in [5, 5.41) is 0. The Hall–Kier alpha value is -2.67. The number of allylic oxidation sites excluding steroid dienone is 1. The molecule has 138 valence electrons. The zero-order valence-corrected chi connectivity index (χ0v) is 15.4. The number of hydrogen-bond acceptors (Lipinski definition) is 6. The van der Waals surface area contributed by atoms with Crippen molar-refractivity contribution in [2.45, 2.75) is 18.2 Å². The van der Waals surface area contributed by atoms with Crippen molar-refractivity contribution >= 4 is 16.2 Å². The summed E-state index contributed by atoms with van der Waals surface area (Å²) in [6.45, 7) is 2.90. The lowest BCUT2D eigenvalue weighted by Crippen LogP contribution is -2.11. The van der Waals surface area contributed by atoms with Crippen LogP contribution in [0.3, 0.4) is 0 Å². The van der Waals surface area contributed by atoms with Gasteiger partial charge in [0.15, 0.2) is 23.0 Å². The molecule has 0 fully saturated rings. The van der Waals surface area contributed by atoms with Crippen LogP contribution >= 0.6 is 0 Å². The smallest absolute Gasteiger partial charge is 0.339 e. The second-order valence-corrected chi connectivity index (χ2v) is 7.15. The van der Waals surface area contributed by atoms with Crippen LogP contribution in [0.4, 0.5) is 0 Å². The minimum absolute atomic E-state index is 0.0127.